The summed E-state index contributed by atoms with van der Waals surface area (Å²) in [5.74, 6) is -0.648. The summed E-state index contributed by atoms with van der Waals surface area (Å²) in [5, 5.41) is 15.4. The summed E-state index contributed by atoms with van der Waals surface area (Å²) in [6, 6.07) is 7.69. The number of pyridine rings is 1. The zero-order chi connectivity index (χ0) is 28.9. The van der Waals surface area contributed by atoms with Gasteiger partial charge in [-0.3, -0.25) is 14.4 Å². The Balaban J connectivity index is 1.26. The first-order chi connectivity index (χ1) is 19.6. The number of amides is 2. The Bertz CT molecular complexity index is 1650. The van der Waals surface area contributed by atoms with Crippen LogP contribution in [0.2, 0.25) is 0 Å². The van der Waals surface area contributed by atoms with Crippen molar-refractivity contribution in [1.29, 1.82) is 0 Å². The van der Waals surface area contributed by atoms with Crippen LogP contribution in [0.5, 0.6) is 5.75 Å². The third-order valence-corrected chi connectivity index (χ3v) is 10.3. The fourth-order valence-electron chi connectivity index (χ4n) is 6.41. The predicted molar refractivity (Wildman–Crippen MR) is 144 cm³/mol. The van der Waals surface area contributed by atoms with Gasteiger partial charge in [0.05, 0.1) is 19.7 Å². The average Bonchev–Trinajstić information content (AvgIpc) is 3.68. The molecule has 2 saturated heterocycles. The van der Waals surface area contributed by atoms with Crippen LogP contribution in [0, 0.1) is 5.21 Å². The van der Waals surface area contributed by atoms with E-state index in [1.54, 1.807) is 31.4 Å². The standard InChI is InChI=1S/C28H30N4O8S/c1-39-19-7-8-23-18(14-19)15-24(40-23)26(34)29-28(10-3-2-4-11-28)27(35)31-13-9-21-25(31)22(33)17-32(21)41(37,38)20-6-5-12-30(36)16-20/h5-8,12,14-16,21,25H,2-4,9-11,13,17H2,1H3,(H,29,34). The van der Waals surface area contributed by atoms with Crippen LogP contribution in [0.3, 0.4) is 0 Å². The first-order valence-electron chi connectivity index (χ1n) is 13.6. The maximum absolute atomic E-state index is 14.2. The number of ketones is 1. The van der Waals surface area contributed by atoms with Gasteiger partial charge in [0.15, 0.2) is 23.9 Å². The number of sulfonamides is 1. The van der Waals surface area contributed by atoms with Crippen LogP contribution in [-0.2, 0) is 19.6 Å². The number of furan rings is 1. The minimum absolute atomic E-state index is 0.0537. The number of carbonyl (C=O) groups is 3. The van der Waals surface area contributed by atoms with Crippen molar-refractivity contribution in [3.05, 3.63) is 59.8 Å². The number of likely N-dealkylation sites (tertiary alicyclic amines) is 1. The van der Waals surface area contributed by atoms with E-state index < -0.39 is 40.1 Å². The first kappa shape index (κ1) is 27.2. The average molecular weight is 583 g/mol. The molecule has 0 radical (unpaired) electrons. The lowest BCUT2D eigenvalue weighted by Crippen LogP contribution is -2.62. The molecule has 1 aromatic carbocycles. The molecule has 2 aromatic heterocycles. The molecule has 1 N–H and O–H groups in total. The molecule has 1 aliphatic carbocycles. The molecule has 0 spiro atoms. The number of Topliss-reactive ketones (excluding diaryl/α,β-unsaturated/α-hetero) is 1. The maximum Gasteiger partial charge on any atom is 0.287 e. The minimum Gasteiger partial charge on any atom is -0.619 e. The Hall–Kier alpha value is -3.97. The lowest BCUT2D eigenvalue weighted by molar-refractivity contribution is -0.607. The highest BCUT2D eigenvalue weighted by Gasteiger charge is 2.57. The molecular formula is C28H30N4O8S. The number of fused-ring (bicyclic) bond motifs is 2. The number of benzene rings is 1. The van der Waals surface area contributed by atoms with Gasteiger partial charge in [0, 0.05) is 18.0 Å². The van der Waals surface area contributed by atoms with Crippen molar-refractivity contribution < 1.29 is 36.7 Å². The lowest BCUT2D eigenvalue weighted by Gasteiger charge is -2.40. The fraction of sp³-hybridized carbons (Fsp3) is 0.429. The summed E-state index contributed by atoms with van der Waals surface area (Å²) in [6.07, 6.45) is 5.50. The topological polar surface area (TPSA) is 153 Å². The number of carbonyl (C=O) groups excluding carboxylic acids is 3. The van der Waals surface area contributed by atoms with Crippen LogP contribution in [0.25, 0.3) is 11.0 Å². The second-order valence-corrected chi connectivity index (χ2v) is 12.7. The minimum atomic E-state index is -4.15. The summed E-state index contributed by atoms with van der Waals surface area (Å²) < 4.78 is 39.2. The van der Waals surface area contributed by atoms with Gasteiger partial charge in [0.2, 0.25) is 15.9 Å². The van der Waals surface area contributed by atoms with E-state index in [-0.39, 0.29) is 35.3 Å². The van der Waals surface area contributed by atoms with E-state index in [4.69, 9.17) is 9.15 Å². The van der Waals surface area contributed by atoms with E-state index in [1.807, 2.05) is 0 Å². The molecule has 41 heavy (non-hydrogen) atoms. The third-order valence-electron chi connectivity index (χ3n) is 8.41. The second-order valence-electron chi connectivity index (χ2n) is 10.8. The van der Waals surface area contributed by atoms with E-state index in [2.05, 4.69) is 5.32 Å². The molecule has 1 saturated carbocycles. The molecule has 4 heterocycles. The largest absolute Gasteiger partial charge is 0.619 e. The number of ether oxygens (including phenoxy) is 1. The Morgan fingerprint density at radius 2 is 1.95 bits per heavy atom. The van der Waals surface area contributed by atoms with Crippen LogP contribution < -0.4 is 14.8 Å². The maximum atomic E-state index is 14.2. The molecule has 2 amide bonds. The molecule has 2 atom stereocenters. The van der Waals surface area contributed by atoms with Crippen molar-refractivity contribution in [2.75, 3.05) is 20.2 Å². The van der Waals surface area contributed by atoms with E-state index in [1.165, 1.54) is 23.2 Å². The number of aromatic nitrogens is 1. The summed E-state index contributed by atoms with van der Waals surface area (Å²) in [4.78, 5) is 42.1. The predicted octanol–water partition coefficient (Wildman–Crippen LogP) is 1.75. The summed E-state index contributed by atoms with van der Waals surface area (Å²) in [6.45, 7) is -0.221. The number of hydrogen-bond donors (Lipinski definition) is 1. The summed E-state index contributed by atoms with van der Waals surface area (Å²) in [5.41, 5.74) is -0.748. The molecule has 216 valence electrons. The molecule has 13 heteroatoms. The van der Waals surface area contributed by atoms with Crippen molar-refractivity contribution in [3.8, 4) is 5.75 Å². The third kappa shape index (κ3) is 4.62. The quantitative estimate of drug-likeness (QED) is 0.341. The van der Waals surface area contributed by atoms with Gasteiger partial charge >= 0.3 is 0 Å². The van der Waals surface area contributed by atoms with Crippen molar-refractivity contribution in [1.82, 2.24) is 14.5 Å². The van der Waals surface area contributed by atoms with E-state index in [0.717, 1.165) is 16.9 Å². The monoisotopic (exact) mass is 582 g/mol. The van der Waals surface area contributed by atoms with Crippen molar-refractivity contribution >= 4 is 38.6 Å². The van der Waals surface area contributed by atoms with Crippen LogP contribution in [0.1, 0.15) is 49.1 Å². The number of hydrogen-bond acceptors (Lipinski definition) is 8. The molecule has 3 fully saturated rings. The molecule has 3 aliphatic rings. The first-order valence-corrected chi connectivity index (χ1v) is 15.0. The van der Waals surface area contributed by atoms with Gasteiger partial charge in [0.1, 0.15) is 27.8 Å². The van der Waals surface area contributed by atoms with Gasteiger partial charge < -0.3 is 24.6 Å². The number of rotatable bonds is 6. The molecule has 2 unspecified atom stereocenters. The highest BCUT2D eigenvalue weighted by atomic mass is 32.2. The van der Waals surface area contributed by atoms with E-state index in [0.29, 0.717) is 47.1 Å². The fourth-order valence-corrected chi connectivity index (χ4v) is 8.04. The van der Waals surface area contributed by atoms with Crippen LogP contribution >= 0.6 is 0 Å². The van der Waals surface area contributed by atoms with Gasteiger partial charge in [0.25, 0.3) is 5.91 Å². The van der Waals surface area contributed by atoms with Crippen molar-refractivity contribution in [2.45, 2.75) is 61.0 Å². The SMILES string of the molecule is COc1ccc2oc(C(=O)NC3(C(=O)N4CCC5C4C(=O)CN5S(=O)(=O)c4ccc[n+]([O-])c4)CCCCC3)cc2c1. The van der Waals surface area contributed by atoms with Gasteiger partial charge in [-0.05, 0) is 49.6 Å². The zero-order valence-electron chi connectivity index (χ0n) is 22.4. The molecule has 0 bridgehead atoms. The Labute approximate surface area is 236 Å². The number of nitrogens with zero attached hydrogens (tertiary/aromatic N) is 3. The van der Waals surface area contributed by atoms with Gasteiger partial charge in [-0.2, -0.15) is 9.04 Å². The smallest absolute Gasteiger partial charge is 0.287 e. The van der Waals surface area contributed by atoms with Gasteiger partial charge in [-0.1, -0.05) is 19.3 Å². The van der Waals surface area contributed by atoms with Crippen molar-refractivity contribution in [2.24, 2.45) is 0 Å². The highest BCUT2D eigenvalue weighted by Crippen LogP contribution is 2.38. The van der Waals surface area contributed by atoms with Crippen molar-refractivity contribution in [3.63, 3.8) is 0 Å². The Morgan fingerprint density at radius 1 is 1.17 bits per heavy atom. The van der Waals surface area contributed by atoms with Crippen LogP contribution in [-0.4, -0.2) is 73.0 Å². The number of methoxy groups -OCH3 is 1. The van der Waals surface area contributed by atoms with E-state index in [9.17, 15) is 28.0 Å². The molecule has 2 aliphatic heterocycles. The second kappa shape index (κ2) is 10.1. The number of nitrogens with one attached hydrogen (secondary N) is 1. The van der Waals surface area contributed by atoms with Crippen LogP contribution in [0.15, 0.2) is 58.1 Å². The van der Waals surface area contributed by atoms with E-state index >= 15 is 0 Å². The molecular weight excluding hydrogens is 552 g/mol. The summed E-state index contributed by atoms with van der Waals surface area (Å²) >= 11 is 0. The lowest BCUT2D eigenvalue weighted by atomic mass is 9.80. The van der Waals surface area contributed by atoms with Gasteiger partial charge in [-0.25, -0.2) is 8.42 Å². The summed E-state index contributed by atoms with van der Waals surface area (Å²) in [7, 11) is -2.60. The van der Waals surface area contributed by atoms with Crippen LogP contribution in [0.4, 0.5) is 0 Å². The Morgan fingerprint density at radius 3 is 2.68 bits per heavy atom. The normalized spacial score (nSPS) is 22.6. The highest BCUT2D eigenvalue weighted by molar-refractivity contribution is 7.89. The Kier molecular flexibility index (Phi) is 6.73. The zero-order valence-corrected chi connectivity index (χ0v) is 23.3. The molecule has 12 nitrogen and oxygen atoms in total. The van der Waals surface area contributed by atoms with Gasteiger partial charge in [-0.15, -0.1) is 0 Å². The molecule has 6 rings (SSSR count). The molecule has 3 aromatic rings.